The second kappa shape index (κ2) is 7.54. The van der Waals surface area contributed by atoms with Crippen molar-refractivity contribution in [3.05, 3.63) is 71.5 Å². The molecule has 32 heavy (non-hydrogen) atoms. The SMILES string of the molecule is Cc1[nH]cnc1-c1ccc(N2CC(=O)Nc3ncn(-c4ccc(Cl)c(N)c4)c3C2=O)cc1. The molecule has 9 nitrogen and oxygen atoms in total. The lowest BCUT2D eigenvalue weighted by atomic mass is 10.1. The standard InChI is InChI=1S/C22H18ClN7O2/c1-12-19(26-10-25-12)13-2-4-14(5-3-13)29-9-18(31)28-21-20(22(29)32)30(11-27-21)15-6-7-16(23)17(24)8-15/h2-8,10-11H,9,24H2,1H3,(H,25,26)(H,28,31). The zero-order chi connectivity index (χ0) is 22.4. The van der Waals surface area contributed by atoms with E-state index in [1.807, 2.05) is 19.1 Å². The summed E-state index contributed by atoms with van der Waals surface area (Å²) in [6.07, 6.45) is 3.10. The van der Waals surface area contributed by atoms with E-state index in [-0.39, 0.29) is 29.9 Å². The molecule has 0 saturated heterocycles. The zero-order valence-electron chi connectivity index (χ0n) is 17.0. The maximum atomic E-state index is 13.6. The van der Waals surface area contributed by atoms with Crippen molar-refractivity contribution in [2.45, 2.75) is 6.92 Å². The predicted molar refractivity (Wildman–Crippen MR) is 122 cm³/mol. The number of anilines is 3. The Balaban J connectivity index is 1.55. The third kappa shape index (κ3) is 3.28. The Kier molecular flexibility index (Phi) is 4.67. The van der Waals surface area contributed by atoms with Crippen LogP contribution in [0.15, 0.2) is 55.1 Å². The van der Waals surface area contributed by atoms with Gasteiger partial charge >= 0.3 is 0 Å². The molecule has 2 aromatic carbocycles. The van der Waals surface area contributed by atoms with Crippen molar-refractivity contribution in [1.82, 2.24) is 19.5 Å². The van der Waals surface area contributed by atoms with E-state index in [1.165, 1.54) is 11.2 Å². The topological polar surface area (TPSA) is 122 Å². The molecular formula is C22H18ClN7O2. The first-order chi connectivity index (χ1) is 15.4. The molecule has 0 bridgehead atoms. The number of H-pyrrole nitrogens is 1. The largest absolute Gasteiger partial charge is 0.397 e. The van der Waals surface area contributed by atoms with Gasteiger partial charge in [0, 0.05) is 22.6 Å². The van der Waals surface area contributed by atoms with Crippen LogP contribution in [0.2, 0.25) is 5.02 Å². The molecule has 3 heterocycles. The molecule has 1 aliphatic heterocycles. The maximum Gasteiger partial charge on any atom is 0.279 e. The van der Waals surface area contributed by atoms with Gasteiger partial charge in [-0.05, 0) is 37.3 Å². The number of carbonyl (C=O) groups excluding carboxylic acids is 2. The van der Waals surface area contributed by atoms with Crippen LogP contribution in [0.5, 0.6) is 0 Å². The number of halogens is 1. The van der Waals surface area contributed by atoms with Gasteiger partial charge in [-0.1, -0.05) is 23.7 Å². The summed E-state index contributed by atoms with van der Waals surface area (Å²) in [5.41, 5.74) is 10.4. The van der Waals surface area contributed by atoms with Crippen LogP contribution in [0.25, 0.3) is 16.9 Å². The number of carbonyl (C=O) groups is 2. The number of amides is 2. The highest BCUT2D eigenvalue weighted by Gasteiger charge is 2.32. The monoisotopic (exact) mass is 447 g/mol. The summed E-state index contributed by atoms with van der Waals surface area (Å²) in [5, 5.41) is 3.12. The first-order valence-corrected chi connectivity index (χ1v) is 10.1. The molecule has 10 heteroatoms. The number of nitrogens with zero attached hydrogens (tertiary/aromatic N) is 4. The molecule has 0 radical (unpaired) electrons. The number of fused-ring (bicyclic) bond motifs is 1. The Morgan fingerprint density at radius 3 is 2.50 bits per heavy atom. The first kappa shape index (κ1) is 19.8. The van der Waals surface area contributed by atoms with E-state index in [0.29, 0.717) is 22.1 Å². The van der Waals surface area contributed by atoms with Gasteiger partial charge in [-0.15, -0.1) is 0 Å². The summed E-state index contributed by atoms with van der Waals surface area (Å²) in [4.78, 5) is 39.1. The van der Waals surface area contributed by atoms with Gasteiger partial charge in [0.15, 0.2) is 11.5 Å². The minimum absolute atomic E-state index is 0.140. The van der Waals surface area contributed by atoms with Crippen molar-refractivity contribution in [1.29, 1.82) is 0 Å². The number of rotatable bonds is 3. The first-order valence-electron chi connectivity index (χ1n) is 9.77. The fourth-order valence-electron chi connectivity index (χ4n) is 3.69. The molecule has 2 aromatic heterocycles. The molecule has 0 spiro atoms. The highest BCUT2D eigenvalue weighted by atomic mass is 35.5. The van der Waals surface area contributed by atoms with E-state index >= 15 is 0 Å². The van der Waals surface area contributed by atoms with Crippen LogP contribution in [0, 0.1) is 6.92 Å². The Morgan fingerprint density at radius 2 is 1.81 bits per heavy atom. The van der Waals surface area contributed by atoms with Gasteiger partial charge in [-0.2, -0.15) is 0 Å². The molecule has 0 unspecified atom stereocenters. The van der Waals surface area contributed by atoms with Gasteiger partial charge in [-0.3, -0.25) is 19.1 Å². The van der Waals surface area contributed by atoms with Crippen LogP contribution in [0.3, 0.4) is 0 Å². The number of hydrogen-bond donors (Lipinski definition) is 3. The van der Waals surface area contributed by atoms with Crippen LogP contribution in [-0.2, 0) is 4.79 Å². The van der Waals surface area contributed by atoms with Crippen LogP contribution < -0.4 is 16.0 Å². The molecular weight excluding hydrogens is 430 g/mol. The summed E-state index contributed by atoms with van der Waals surface area (Å²) in [7, 11) is 0. The number of aryl methyl sites for hydroxylation is 1. The predicted octanol–water partition coefficient (Wildman–Crippen LogP) is 3.41. The van der Waals surface area contributed by atoms with Crippen LogP contribution >= 0.6 is 11.6 Å². The summed E-state index contributed by atoms with van der Waals surface area (Å²) in [6, 6.07) is 12.3. The van der Waals surface area contributed by atoms with E-state index in [0.717, 1.165) is 17.0 Å². The van der Waals surface area contributed by atoms with E-state index in [4.69, 9.17) is 17.3 Å². The molecule has 0 atom stereocenters. The average Bonchev–Trinajstić information content (AvgIpc) is 3.37. The highest BCUT2D eigenvalue weighted by Crippen LogP contribution is 2.30. The molecule has 4 aromatic rings. The lowest BCUT2D eigenvalue weighted by Crippen LogP contribution is -2.35. The van der Waals surface area contributed by atoms with Crippen LogP contribution in [0.4, 0.5) is 17.2 Å². The number of nitrogen functional groups attached to an aromatic ring is 1. The second-order valence-electron chi connectivity index (χ2n) is 7.38. The van der Waals surface area contributed by atoms with E-state index < -0.39 is 0 Å². The molecule has 0 saturated carbocycles. The molecule has 0 fully saturated rings. The van der Waals surface area contributed by atoms with Crippen molar-refractivity contribution >= 4 is 40.6 Å². The van der Waals surface area contributed by atoms with Gasteiger partial charge in [0.1, 0.15) is 12.9 Å². The average molecular weight is 448 g/mol. The Morgan fingerprint density at radius 1 is 1.06 bits per heavy atom. The van der Waals surface area contributed by atoms with Crippen molar-refractivity contribution in [3.63, 3.8) is 0 Å². The summed E-state index contributed by atoms with van der Waals surface area (Å²) < 4.78 is 1.59. The molecule has 1 aliphatic rings. The number of nitrogens with two attached hydrogens (primary N) is 1. The molecule has 2 amide bonds. The molecule has 160 valence electrons. The van der Waals surface area contributed by atoms with Crippen molar-refractivity contribution in [2.24, 2.45) is 0 Å². The fraction of sp³-hybridized carbons (Fsp3) is 0.0909. The Bertz CT molecular complexity index is 1360. The van der Waals surface area contributed by atoms with E-state index in [9.17, 15) is 9.59 Å². The second-order valence-corrected chi connectivity index (χ2v) is 7.79. The summed E-state index contributed by atoms with van der Waals surface area (Å²) in [6.45, 7) is 1.80. The highest BCUT2D eigenvalue weighted by molar-refractivity contribution is 6.33. The van der Waals surface area contributed by atoms with Gasteiger partial charge in [0.25, 0.3) is 5.91 Å². The molecule has 4 N–H and O–H groups in total. The third-order valence-electron chi connectivity index (χ3n) is 5.31. The lowest BCUT2D eigenvalue weighted by molar-refractivity contribution is -0.114. The third-order valence-corrected chi connectivity index (χ3v) is 5.66. The minimum atomic E-state index is -0.368. The van der Waals surface area contributed by atoms with Crippen molar-refractivity contribution < 1.29 is 9.59 Å². The number of aromatic nitrogens is 4. The van der Waals surface area contributed by atoms with E-state index in [1.54, 1.807) is 41.2 Å². The van der Waals surface area contributed by atoms with Crippen molar-refractivity contribution in [2.75, 3.05) is 22.5 Å². The Hall–Kier alpha value is -4.11. The van der Waals surface area contributed by atoms with E-state index in [2.05, 4.69) is 20.3 Å². The number of hydrogen-bond acceptors (Lipinski definition) is 5. The minimum Gasteiger partial charge on any atom is -0.397 e. The Labute approximate surface area is 187 Å². The number of aromatic amines is 1. The maximum absolute atomic E-state index is 13.6. The quantitative estimate of drug-likeness (QED) is 0.415. The van der Waals surface area contributed by atoms with Crippen molar-refractivity contribution in [3.8, 4) is 16.9 Å². The van der Waals surface area contributed by atoms with Gasteiger partial charge in [0.2, 0.25) is 5.91 Å². The number of benzene rings is 2. The van der Waals surface area contributed by atoms with Crippen LogP contribution in [-0.4, -0.2) is 37.9 Å². The van der Waals surface area contributed by atoms with Crippen LogP contribution in [0.1, 0.15) is 16.2 Å². The smallest absolute Gasteiger partial charge is 0.279 e. The summed E-state index contributed by atoms with van der Waals surface area (Å²) >= 11 is 6.03. The summed E-state index contributed by atoms with van der Waals surface area (Å²) in [5.74, 6) is -0.516. The molecule has 5 rings (SSSR count). The lowest BCUT2D eigenvalue weighted by Gasteiger charge is -2.21. The van der Waals surface area contributed by atoms with Gasteiger partial charge in [0.05, 0.1) is 22.7 Å². The number of imidazole rings is 2. The fourth-order valence-corrected chi connectivity index (χ4v) is 3.81. The van der Waals surface area contributed by atoms with Gasteiger partial charge < -0.3 is 16.0 Å². The van der Waals surface area contributed by atoms with Gasteiger partial charge in [-0.25, -0.2) is 9.97 Å². The zero-order valence-corrected chi connectivity index (χ0v) is 17.7. The normalized spacial score (nSPS) is 13.6. The molecule has 0 aliphatic carbocycles. The number of nitrogens with one attached hydrogen (secondary N) is 2.